The highest BCUT2D eigenvalue weighted by molar-refractivity contribution is 7.99. The molecule has 0 atom stereocenters. The van der Waals surface area contributed by atoms with Gasteiger partial charge in [0.1, 0.15) is 5.82 Å². The monoisotopic (exact) mass is 290 g/mol. The van der Waals surface area contributed by atoms with Gasteiger partial charge in [0.15, 0.2) is 0 Å². The third-order valence-corrected chi connectivity index (χ3v) is 4.93. The number of aryl methyl sites for hydroxylation is 1. The molecule has 1 aliphatic rings. The zero-order valence-corrected chi connectivity index (χ0v) is 12.3. The molecule has 0 aliphatic heterocycles. The van der Waals surface area contributed by atoms with Crippen molar-refractivity contribution < 1.29 is 0 Å². The van der Waals surface area contributed by atoms with E-state index in [1.165, 1.54) is 31.7 Å². The lowest BCUT2D eigenvalue weighted by Crippen LogP contribution is -2.11. The van der Waals surface area contributed by atoms with Gasteiger partial charge in [0.05, 0.1) is 17.6 Å². The van der Waals surface area contributed by atoms with E-state index in [2.05, 4.69) is 15.1 Å². The van der Waals surface area contributed by atoms with Crippen LogP contribution in [0, 0.1) is 0 Å². The highest BCUT2D eigenvalue weighted by Crippen LogP contribution is 2.31. The van der Waals surface area contributed by atoms with Crippen LogP contribution in [0.25, 0.3) is 11.3 Å². The summed E-state index contributed by atoms with van der Waals surface area (Å²) in [4.78, 5) is 19.1. The molecule has 0 saturated heterocycles. The lowest BCUT2D eigenvalue weighted by atomic mass is 10.2. The van der Waals surface area contributed by atoms with E-state index in [4.69, 9.17) is 0 Å². The van der Waals surface area contributed by atoms with Crippen LogP contribution in [0.2, 0.25) is 0 Å². The zero-order valence-electron chi connectivity index (χ0n) is 11.5. The van der Waals surface area contributed by atoms with Crippen molar-refractivity contribution in [3.8, 4) is 11.3 Å². The molecule has 0 aromatic carbocycles. The van der Waals surface area contributed by atoms with Crippen LogP contribution < -0.4 is 5.56 Å². The molecule has 2 heterocycles. The fourth-order valence-corrected chi connectivity index (χ4v) is 3.73. The minimum absolute atomic E-state index is 0.0964. The quantitative estimate of drug-likeness (QED) is 0.939. The van der Waals surface area contributed by atoms with Crippen molar-refractivity contribution in [2.45, 2.75) is 36.7 Å². The molecule has 106 valence electrons. The Bertz CT molecular complexity index is 643. The van der Waals surface area contributed by atoms with Gasteiger partial charge in [0.25, 0.3) is 5.56 Å². The molecule has 1 fully saturated rings. The van der Waals surface area contributed by atoms with Crippen molar-refractivity contribution in [3.63, 3.8) is 0 Å². The van der Waals surface area contributed by atoms with E-state index >= 15 is 0 Å². The smallest absolute Gasteiger partial charge is 0.251 e. The number of aromatic amines is 1. The summed E-state index contributed by atoms with van der Waals surface area (Å²) in [5.41, 5.74) is 1.48. The molecule has 1 N–H and O–H groups in total. The second-order valence-electron chi connectivity index (χ2n) is 5.20. The van der Waals surface area contributed by atoms with Crippen LogP contribution in [-0.2, 0) is 12.8 Å². The van der Waals surface area contributed by atoms with Gasteiger partial charge in [-0.2, -0.15) is 16.9 Å². The summed E-state index contributed by atoms with van der Waals surface area (Å²) < 4.78 is 1.71. The van der Waals surface area contributed by atoms with Crippen LogP contribution in [0.15, 0.2) is 23.3 Å². The average Bonchev–Trinajstić information content (AvgIpc) is 3.07. The summed E-state index contributed by atoms with van der Waals surface area (Å²) in [6.07, 6.45) is 8.84. The number of rotatable bonds is 4. The highest BCUT2D eigenvalue weighted by Gasteiger charge is 2.16. The normalized spacial score (nSPS) is 15.8. The van der Waals surface area contributed by atoms with Crippen LogP contribution in [0.1, 0.15) is 31.5 Å². The first-order valence-electron chi connectivity index (χ1n) is 6.91. The molecule has 2 aromatic heterocycles. The fraction of sp³-hybridized carbons (Fsp3) is 0.500. The maximum atomic E-state index is 11.8. The van der Waals surface area contributed by atoms with Gasteiger partial charge >= 0.3 is 0 Å². The standard InChI is InChI=1S/C14H18N4OS/c1-18-8-10(7-15-18)12-6-14(19)17-13(16-12)9-20-11-4-2-3-5-11/h6-8,11H,2-5,9H2,1H3,(H,16,17,19). The van der Waals surface area contributed by atoms with Crippen molar-refractivity contribution in [3.05, 3.63) is 34.6 Å². The lowest BCUT2D eigenvalue weighted by Gasteiger charge is -2.08. The van der Waals surface area contributed by atoms with E-state index in [9.17, 15) is 4.79 Å². The predicted octanol–water partition coefficient (Wildman–Crippen LogP) is 2.35. The Kier molecular flexibility index (Phi) is 3.91. The molecule has 1 saturated carbocycles. The largest absolute Gasteiger partial charge is 0.310 e. The van der Waals surface area contributed by atoms with Gasteiger partial charge in [0, 0.05) is 30.1 Å². The van der Waals surface area contributed by atoms with Crippen molar-refractivity contribution in [1.82, 2.24) is 19.7 Å². The molecule has 20 heavy (non-hydrogen) atoms. The molecule has 0 unspecified atom stereocenters. The third-order valence-electron chi connectivity index (χ3n) is 3.55. The van der Waals surface area contributed by atoms with Crippen LogP contribution in [0.5, 0.6) is 0 Å². The van der Waals surface area contributed by atoms with Crippen molar-refractivity contribution in [2.24, 2.45) is 7.05 Å². The van der Waals surface area contributed by atoms with Gasteiger partial charge in [-0.1, -0.05) is 12.8 Å². The first-order chi connectivity index (χ1) is 9.70. The molecule has 2 aromatic rings. The van der Waals surface area contributed by atoms with Gasteiger partial charge in [-0.05, 0) is 12.8 Å². The first-order valence-corrected chi connectivity index (χ1v) is 7.96. The highest BCUT2D eigenvalue weighted by atomic mass is 32.2. The van der Waals surface area contributed by atoms with E-state index in [-0.39, 0.29) is 5.56 Å². The molecular formula is C14H18N4OS. The summed E-state index contributed by atoms with van der Waals surface area (Å²) in [5.74, 6) is 1.53. The van der Waals surface area contributed by atoms with Gasteiger partial charge < -0.3 is 4.98 Å². The topological polar surface area (TPSA) is 63.6 Å². The maximum absolute atomic E-state index is 11.8. The van der Waals surface area contributed by atoms with E-state index in [0.29, 0.717) is 5.69 Å². The van der Waals surface area contributed by atoms with Gasteiger partial charge in [-0.15, -0.1) is 0 Å². The molecular weight excluding hydrogens is 272 g/mol. The first kappa shape index (κ1) is 13.4. The maximum Gasteiger partial charge on any atom is 0.251 e. The Balaban J connectivity index is 1.77. The number of nitrogens with one attached hydrogen (secondary N) is 1. The molecule has 1 aliphatic carbocycles. The van der Waals surface area contributed by atoms with Crippen molar-refractivity contribution in [1.29, 1.82) is 0 Å². The summed E-state index contributed by atoms with van der Waals surface area (Å²) in [6, 6.07) is 1.53. The van der Waals surface area contributed by atoms with Crippen LogP contribution in [-0.4, -0.2) is 25.0 Å². The minimum Gasteiger partial charge on any atom is -0.310 e. The third kappa shape index (κ3) is 3.12. The summed E-state index contributed by atoms with van der Waals surface area (Å²) >= 11 is 1.90. The Hall–Kier alpha value is -1.56. The Labute approximate surface area is 121 Å². The average molecular weight is 290 g/mol. The van der Waals surface area contributed by atoms with Crippen molar-refractivity contribution >= 4 is 11.8 Å². The van der Waals surface area contributed by atoms with E-state index < -0.39 is 0 Å². The van der Waals surface area contributed by atoms with Gasteiger partial charge in [0.2, 0.25) is 0 Å². The molecule has 5 nitrogen and oxygen atoms in total. The lowest BCUT2D eigenvalue weighted by molar-refractivity contribution is 0.768. The zero-order chi connectivity index (χ0) is 13.9. The predicted molar refractivity (Wildman–Crippen MR) is 80.6 cm³/mol. The van der Waals surface area contributed by atoms with Crippen molar-refractivity contribution in [2.75, 3.05) is 0 Å². The number of hydrogen-bond donors (Lipinski definition) is 1. The number of nitrogens with zero attached hydrogens (tertiary/aromatic N) is 3. The van der Waals surface area contributed by atoms with Gasteiger partial charge in [-0.25, -0.2) is 4.98 Å². The summed E-state index contributed by atoms with van der Waals surface area (Å²) in [6.45, 7) is 0. The Morgan fingerprint density at radius 2 is 2.25 bits per heavy atom. The van der Waals surface area contributed by atoms with Gasteiger partial charge in [-0.3, -0.25) is 9.48 Å². The second kappa shape index (κ2) is 5.83. The van der Waals surface area contributed by atoms with E-state index in [1.54, 1.807) is 10.9 Å². The SMILES string of the molecule is Cn1cc(-c2cc(=O)[nH]c(CSC3CCCC3)n2)cn1. The minimum atomic E-state index is -0.0964. The molecule has 3 rings (SSSR count). The molecule has 0 radical (unpaired) electrons. The Morgan fingerprint density at radius 3 is 2.95 bits per heavy atom. The Morgan fingerprint density at radius 1 is 1.45 bits per heavy atom. The molecule has 0 amide bonds. The summed E-state index contributed by atoms with van der Waals surface area (Å²) in [5, 5.41) is 4.84. The molecule has 0 spiro atoms. The second-order valence-corrected chi connectivity index (χ2v) is 6.49. The molecule has 0 bridgehead atoms. The van der Waals surface area contributed by atoms with E-state index in [0.717, 1.165) is 22.4 Å². The summed E-state index contributed by atoms with van der Waals surface area (Å²) in [7, 11) is 1.85. The number of thioether (sulfide) groups is 1. The fourth-order valence-electron chi connectivity index (χ4n) is 2.53. The van der Waals surface area contributed by atoms with Crippen LogP contribution >= 0.6 is 11.8 Å². The number of H-pyrrole nitrogens is 1. The van der Waals surface area contributed by atoms with Crippen LogP contribution in [0.3, 0.4) is 0 Å². The van der Waals surface area contributed by atoms with E-state index in [1.807, 2.05) is 25.0 Å². The van der Waals surface area contributed by atoms with Crippen LogP contribution in [0.4, 0.5) is 0 Å². The number of aromatic nitrogens is 4. The number of hydrogen-bond acceptors (Lipinski definition) is 4. The molecule has 6 heteroatoms.